The average Bonchev–Trinajstić information content (AvgIpc) is 3.43. The molecule has 146 valence electrons. The molecule has 1 N–H and O–H groups in total. The molecule has 0 atom stereocenters. The highest BCUT2D eigenvalue weighted by molar-refractivity contribution is 7.20. The lowest BCUT2D eigenvalue weighted by atomic mass is 10.1. The number of hydrogen-bond acceptors (Lipinski definition) is 6. The zero-order valence-corrected chi connectivity index (χ0v) is 16.5. The molecule has 1 aliphatic rings. The molecule has 3 aromatic heterocycles. The van der Waals surface area contributed by atoms with E-state index < -0.39 is 5.97 Å². The zero-order chi connectivity index (χ0) is 20.1. The molecule has 0 unspecified atom stereocenters. The summed E-state index contributed by atoms with van der Waals surface area (Å²) in [5.41, 5.74) is 1.79. The molecule has 0 aliphatic carbocycles. The Kier molecular flexibility index (Phi) is 4.09. The van der Waals surface area contributed by atoms with Gasteiger partial charge in [0.15, 0.2) is 6.61 Å². The van der Waals surface area contributed by atoms with Crippen molar-refractivity contribution in [1.82, 2.24) is 14.5 Å². The maximum atomic E-state index is 12.7. The van der Waals surface area contributed by atoms with E-state index in [1.54, 1.807) is 17.7 Å². The van der Waals surface area contributed by atoms with Crippen molar-refractivity contribution in [1.29, 1.82) is 0 Å². The van der Waals surface area contributed by atoms with Crippen molar-refractivity contribution < 1.29 is 14.3 Å². The fraction of sp³-hybridized carbons (Fsp3) is 0.238. The number of ketones is 1. The summed E-state index contributed by atoms with van der Waals surface area (Å²) in [5.74, 6) is -0.131. The molecule has 4 aromatic rings. The molecule has 0 saturated carbocycles. The first-order valence-corrected chi connectivity index (χ1v) is 10.2. The predicted octanol–water partition coefficient (Wildman–Crippen LogP) is 3.23. The number of benzene rings is 1. The van der Waals surface area contributed by atoms with Gasteiger partial charge in [-0.15, -0.1) is 11.3 Å². The highest BCUT2D eigenvalue weighted by Gasteiger charge is 2.24. The number of nitrogens with one attached hydrogen (secondary N) is 1. The minimum absolute atomic E-state index is 0.106. The average molecular weight is 407 g/mol. The summed E-state index contributed by atoms with van der Waals surface area (Å²) >= 11 is 1.15. The van der Waals surface area contributed by atoms with E-state index in [4.69, 9.17) is 4.74 Å². The van der Waals surface area contributed by atoms with Crippen molar-refractivity contribution in [2.45, 2.75) is 26.3 Å². The van der Waals surface area contributed by atoms with Gasteiger partial charge in [0.05, 0.1) is 5.39 Å². The molecule has 0 bridgehead atoms. The molecule has 1 aromatic carbocycles. The van der Waals surface area contributed by atoms with Crippen LogP contribution in [0.25, 0.3) is 21.1 Å². The molecule has 0 fully saturated rings. The summed E-state index contributed by atoms with van der Waals surface area (Å²) in [6.07, 6.45) is 3.29. The lowest BCUT2D eigenvalue weighted by molar-refractivity contribution is 0.0479. The Morgan fingerprint density at radius 2 is 2.14 bits per heavy atom. The van der Waals surface area contributed by atoms with Crippen LogP contribution in [0.2, 0.25) is 0 Å². The van der Waals surface area contributed by atoms with Crippen LogP contribution in [0.4, 0.5) is 0 Å². The number of fused-ring (bicyclic) bond motifs is 3. The second-order valence-electron chi connectivity index (χ2n) is 7.07. The van der Waals surface area contributed by atoms with Crippen molar-refractivity contribution in [3.8, 4) is 0 Å². The Balaban J connectivity index is 1.40. The Labute approximate surface area is 168 Å². The van der Waals surface area contributed by atoms with Gasteiger partial charge in [-0.25, -0.2) is 9.78 Å². The van der Waals surface area contributed by atoms with Crippen molar-refractivity contribution in [2.75, 3.05) is 6.61 Å². The summed E-state index contributed by atoms with van der Waals surface area (Å²) in [6, 6.07) is 7.45. The number of rotatable bonds is 4. The van der Waals surface area contributed by atoms with Crippen LogP contribution < -0.4 is 5.56 Å². The molecule has 0 radical (unpaired) electrons. The van der Waals surface area contributed by atoms with E-state index in [9.17, 15) is 14.4 Å². The first-order valence-electron chi connectivity index (χ1n) is 9.34. The van der Waals surface area contributed by atoms with Crippen LogP contribution in [0.3, 0.4) is 0 Å². The molecular weight excluding hydrogens is 390 g/mol. The topological polar surface area (TPSA) is 94.1 Å². The van der Waals surface area contributed by atoms with E-state index in [1.807, 2.05) is 24.3 Å². The zero-order valence-electron chi connectivity index (χ0n) is 15.7. The molecule has 0 spiro atoms. The van der Waals surface area contributed by atoms with Gasteiger partial charge in [0.1, 0.15) is 15.5 Å². The quantitative estimate of drug-likeness (QED) is 0.414. The summed E-state index contributed by atoms with van der Waals surface area (Å²) in [7, 11) is 0. The first kappa shape index (κ1) is 17.8. The van der Waals surface area contributed by atoms with Gasteiger partial charge in [0, 0.05) is 35.6 Å². The number of thiophene rings is 1. The van der Waals surface area contributed by atoms with Gasteiger partial charge in [-0.1, -0.05) is 18.2 Å². The fourth-order valence-electron chi connectivity index (χ4n) is 3.85. The van der Waals surface area contributed by atoms with Crippen molar-refractivity contribution >= 4 is 44.2 Å². The molecule has 0 amide bonds. The van der Waals surface area contributed by atoms with Crippen LogP contribution in [0.1, 0.15) is 37.8 Å². The van der Waals surface area contributed by atoms with E-state index in [1.165, 1.54) is 0 Å². The van der Waals surface area contributed by atoms with E-state index in [2.05, 4.69) is 9.97 Å². The third-order valence-corrected chi connectivity index (χ3v) is 6.49. The number of aromatic amines is 1. The highest BCUT2D eigenvalue weighted by atomic mass is 32.1. The molecule has 8 heteroatoms. The third-order valence-electron chi connectivity index (χ3n) is 5.32. The maximum Gasteiger partial charge on any atom is 0.349 e. The van der Waals surface area contributed by atoms with Gasteiger partial charge >= 0.3 is 5.97 Å². The van der Waals surface area contributed by atoms with Gasteiger partial charge in [0.25, 0.3) is 5.56 Å². The van der Waals surface area contributed by atoms with E-state index >= 15 is 0 Å². The first-order chi connectivity index (χ1) is 14.0. The normalized spacial score (nSPS) is 13.1. The molecular formula is C21H17N3O4S. The van der Waals surface area contributed by atoms with Crippen LogP contribution in [0.15, 0.2) is 35.3 Å². The van der Waals surface area contributed by atoms with Gasteiger partial charge < -0.3 is 9.72 Å². The fourth-order valence-corrected chi connectivity index (χ4v) is 4.93. The minimum Gasteiger partial charge on any atom is -0.453 e. The summed E-state index contributed by atoms with van der Waals surface area (Å²) in [6.45, 7) is 2.02. The number of hydrogen-bond donors (Lipinski definition) is 1. The van der Waals surface area contributed by atoms with Gasteiger partial charge in [-0.2, -0.15) is 0 Å². The largest absolute Gasteiger partial charge is 0.453 e. The number of nitrogens with zero attached hydrogens (tertiary/aromatic N) is 2. The number of aromatic nitrogens is 3. The number of esters is 1. The number of H-pyrrole nitrogens is 1. The van der Waals surface area contributed by atoms with E-state index in [0.717, 1.165) is 40.9 Å². The van der Waals surface area contributed by atoms with Crippen molar-refractivity contribution in [3.05, 3.63) is 62.6 Å². The molecule has 7 nitrogen and oxygen atoms in total. The van der Waals surface area contributed by atoms with E-state index in [0.29, 0.717) is 32.8 Å². The molecule has 4 heterocycles. The molecule has 5 rings (SSSR count). The number of carbonyl (C=O) groups excluding carboxylic acids is 2. The van der Waals surface area contributed by atoms with Crippen molar-refractivity contribution in [3.63, 3.8) is 0 Å². The Bertz CT molecular complexity index is 1360. The Morgan fingerprint density at radius 3 is 3.00 bits per heavy atom. The molecule has 1 aliphatic heterocycles. The monoisotopic (exact) mass is 407 g/mol. The van der Waals surface area contributed by atoms with Crippen LogP contribution in [0, 0.1) is 6.92 Å². The number of ether oxygens (including phenoxy) is 1. The number of para-hydroxylation sites is 1. The second kappa shape index (κ2) is 6.66. The lowest BCUT2D eigenvalue weighted by Crippen LogP contribution is -2.20. The van der Waals surface area contributed by atoms with Gasteiger partial charge in [-0.05, 0) is 25.0 Å². The van der Waals surface area contributed by atoms with Crippen LogP contribution >= 0.6 is 11.3 Å². The van der Waals surface area contributed by atoms with E-state index in [-0.39, 0.29) is 17.9 Å². The minimum atomic E-state index is -0.608. The third kappa shape index (κ3) is 2.79. The lowest BCUT2D eigenvalue weighted by Gasteiger charge is -2.03. The molecule has 29 heavy (non-hydrogen) atoms. The Morgan fingerprint density at radius 1 is 1.31 bits per heavy atom. The van der Waals surface area contributed by atoms with Crippen LogP contribution in [-0.4, -0.2) is 32.9 Å². The van der Waals surface area contributed by atoms with Crippen LogP contribution in [-0.2, 0) is 17.7 Å². The number of Topliss-reactive ketones (excluding diaryl/α,β-unsaturated/α-hetero) is 1. The standard InChI is InChI=1S/C21H17N3O4S/c1-11-17-19(23-16-7-4-8-24(16)20(17)26)29-18(11)21(27)28-10-15(25)13-9-22-14-6-3-2-5-12(13)14/h2-3,5-6,9,22H,4,7-8,10H2,1H3. The van der Waals surface area contributed by atoms with Gasteiger partial charge in [0.2, 0.25) is 5.78 Å². The summed E-state index contributed by atoms with van der Waals surface area (Å²) in [4.78, 5) is 46.4. The van der Waals surface area contributed by atoms with Crippen LogP contribution in [0.5, 0.6) is 0 Å². The second-order valence-corrected chi connectivity index (χ2v) is 8.07. The number of aryl methyl sites for hydroxylation is 2. The molecule has 0 saturated heterocycles. The van der Waals surface area contributed by atoms with Crippen molar-refractivity contribution in [2.24, 2.45) is 0 Å². The SMILES string of the molecule is Cc1c(C(=O)OCC(=O)c2c[nH]c3ccccc23)sc2nc3n(c(=O)c12)CCC3. The highest BCUT2D eigenvalue weighted by Crippen LogP contribution is 2.29. The maximum absolute atomic E-state index is 12.7. The Hall–Kier alpha value is -3.26. The summed E-state index contributed by atoms with van der Waals surface area (Å²) < 4.78 is 6.96. The van der Waals surface area contributed by atoms with Gasteiger partial charge in [-0.3, -0.25) is 14.2 Å². The summed E-state index contributed by atoms with van der Waals surface area (Å²) in [5, 5.41) is 1.26. The smallest absolute Gasteiger partial charge is 0.349 e. The predicted molar refractivity (Wildman–Crippen MR) is 110 cm³/mol. The number of carbonyl (C=O) groups is 2.